The lowest BCUT2D eigenvalue weighted by Gasteiger charge is -2.20. The summed E-state index contributed by atoms with van der Waals surface area (Å²) in [5.74, 6) is 2.05. The minimum atomic E-state index is -0.108. The number of rotatable bonds is 9. The fraction of sp³-hybridized carbons (Fsp3) is 0.385. The number of likely N-dealkylation sites (tertiary alicyclic amines) is 1. The molecule has 1 saturated heterocycles. The van der Waals surface area contributed by atoms with Gasteiger partial charge in [0.05, 0.1) is 31.9 Å². The van der Waals surface area contributed by atoms with E-state index < -0.39 is 0 Å². The highest BCUT2D eigenvalue weighted by Gasteiger charge is 2.30. The summed E-state index contributed by atoms with van der Waals surface area (Å²) in [6, 6.07) is 15.3. The van der Waals surface area contributed by atoms with Gasteiger partial charge in [-0.15, -0.1) is 0 Å². The molecule has 1 fully saturated rings. The van der Waals surface area contributed by atoms with Gasteiger partial charge in [0.1, 0.15) is 6.10 Å². The van der Waals surface area contributed by atoms with Crippen LogP contribution in [0, 0.1) is 0 Å². The van der Waals surface area contributed by atoms with Crippen LogP contribution in [0.4, 0.5) is 0 Å². The van der Waals surface area contributed by atoms with Crippen molar-refractivity contribution in [1.82, 2.24) is 9.88 Å². The minimum absolute atomic E-state index is 0.0856. The molecular formula is C26H30N2O5. The van der Waals surface area contributed by atoms with Crippen molar-refractivity contribution < 1.29 is 23.7 Å². The molecule has 1 aromatic heterocycles. The lowest BCUT2D eigenvalue weighted by Crippen LogP contribution is -2.31. The fourth-order valence-corrected chi connectivity index (χ4v) is 3.99. The molecule has 4 rings (SSSR count). The van der Waals surface area contributed by atoms with Crippen molar-refractivity contribution in [3.63, 3.8) is 0 Å². The maximum absolute atomic E-state index is 13.3. The molecule has 2 heterocycles. The van der Waals surface area contributed by atoms with Crippen LogP contribution in [0.15, 0.2) is 48.5 Å². The molecule has 3 aromatic rings. The first-order valence-corrected chi connectivity index (χ1v) is 11.5. The molecule has 2 aromatic carbocycles. The molecule has 174 valence electrons. The van der Waals surface area contributed by atoms with Gasteiger partial charge in [0.25, 0.3) is 5.91 Å². The van der Waals surface area contributed by atoms with E-state index in [9.17, 15) is 4.79 Å². The Kier molecular flexibility index (Phi) is 7.17. The molecule has 0 bridgehead atoms. The highest BCUT2D eigenvalue weighted by molar-refractivity contribution is 5.96. The summed E-state index contributed by atoms with van der Waals surface area (Å²) in [5.41, 5.74) is 1.40. The van der Waals surface area contributed by atoms with Gasteiger partial charge in [-0.05, 0) is 45.0 Å². The average Bonchev–Trinajstić information content (AvgIpc) is 3.29. The molecule has 0 saturated carbocycles. The van der Waals surface area contributed by atoms with Crippen LogP contribution in [0.2, 0.25) is 0 Å². The smallest absolute Gasteiger partial charge is 0.254 e. The third-order valence-electron chi connectivity index (χ3n) is 5.45. The van der Waals surface area contributed by atoms with Crippen LogP contribution in [0.1, 0.15) is 37.6 Å². The summed E-state index contributed by atoms with van der Waals surface area (Å²) in [4.78, 5) is 19.7. The Morgan fingerprint density at radius 1 is 0.970 bits per heavy atom. The lowest BCUT2D eigenvalue weighted by atomic mass is 10.1. The van der Waals surface area contributed by atoms with E-state index in [4.69, 9.17) is 18.9 Å². The number of ether oxygens (including phenoxy) is 4. The number of hydrogen-bond acceptors (Lipinski definition) is 6. The van der Waals surface area contributed by atoms with Crippen molar-refractivity contribution >= 4 is 16.8 Å². The molecular weight excluding hydrogens is 420 g/mol. The van der Waals surface area contributed by atoms with Crippen LogP contribution in [0.5, 0.6) is 23.1 Å². The number of nitrogens with zero attached hydrogens (tertiary/aromatic N) is 2. The SMILES string of the molecule is CCOc1cc(C(=O)N2CCC(Oc3ccc4ccccc4n3)C2)cc(OCC)c1OCC. The first-order valence-electron chi connectivity index (χ1n) is 11.5. The number of fused-ring (bicyclic) bond motifs is 1. The van der Waals surface area contributed by atoms with E-state index in [0.29, 0.717) is 61.6 Å². The second-order valence-electron chi connectivity index (χ2n) is 7.72. The zero-order valence-electron chi connectivity index (χ0n) is 19.4. The quantitative estimate of drug-likeness (QED) is 0.470. The standard InChI is InChI=1S/C26H30N2O5/c1-4-30-22-15-19(16-23(31-5-2)25(22)32-6-3)26(29)28-14-13-20(17-28)33-24-12-11-18-9-7-8-10-21(18)27-24/h7-12,15-16,20H,4-6,13-14,17H2,1-3H3. The number of para-hydroxylation sites is 1. The van der Waals surface area contributed by atoms with Crippen molar-refractivity contribution in [3.8, 4) is 23.1 Å². The van der Waals surface area contributed by atoms with E-state index in [1.54, 1.807) is 17.0 Å². The fourth-order valence-electron chi connectivity index (χ4n) is 3.99. The van der Waals surface area contributed by atoms with Gasteiger partial charge in [0, 0.05) is 30.0 Å². The van der Waals surface area contributed by atoms with Gasteiger partial charge in [-0.3, -0.25) is 4.79 Å². The Bertz CT molecular complexity index is 1090. The Labute approximate surface area is 194 Å². The Morgan fingerprint density at radius 2 is 1.67 bits per heavy atom. The first-order chi connectivity index (χ1) is 16.1. The number of pyridine rings is 1. The maximum atomic E-state index is 13.3. The van der Waals surface area contributed by atoms with Crippen molar-refractivity contribution in [2.24, 2.45) is 0 Å². The highest BCUT2D eigenvalue weighted by atomic mass is 16.5. The van der Waals surface area contributed by atoms with Crippen LogP contribution < -0.4 is 18.9 Å². The summed E-state index contributed by atoms with van der Waals surface area (Å²) in [6.45, 7) is 8.19. The predicted octanol–water partition coefficient (Wildman–Crippen LogP) is 4.72. The number of hydrogen-bond donors (Lipinski definition) is 0. The van der Waals surface area contributed by atoms with Gasteiger partial charge in [0.2, 0.25) is 11.6 Å². The van der Waals surface area contributed by atoms with E-state index in [-0.39, 0.29) is 12.0 Å². The largest absolute Gasteiger partial charge is 0.490 e. The summed E-state index contributed by atoms with van der Waals surface area (Å²) < 4.78 is 23.4. The monoisotopic (exact) mass is 450 g/mol. The van der Waals surface area contributed by atoms with Gasteiger partial charge in [0.15, 0.2) is 11.5 Å². The van der Waals surface area contributed by atoms with Crippen LogP contribution in [-0.2, 0) is 0 Å². The van der Waals surface area contributed by atoms with Crippen LogP contribution in [-0.4, -0.2) is 54.8 Å². The zero-order valence-corrected chi connectivity index (χ0v) is 19.4. The molecule has 0 aliphatic carbocycles. The third-order valence-corrected chi connectivity index (χ3v) is 5.45. The molecule has 1 amide bonds. The number of aromatic nitrogens is 1. The van der Waals surface area contributed by atoms with Gasteiger partial charge in [-0.2, -0.15) is 0 Å². The van der Waals surface area contributed by atoms with E-state index in [1.807, 2.05) is 57.2 Å². The number of amides is 1. The molecule has 33 heavy (non-hydrogen) atoms. The Balaban J connectivity index is 1.49. The topological polar surface area (TPSA) is 70.1 Å². The molecule has 7 nitrogen and oxygen atoms in total. The molecule has 1 aliphatic heterocycles. The molecule has 0 spiro atoms. The second-order valence-corrected chi connectivity index (χ2v) is 7.72. The van der Waals surface area contributed by atoms with E-state index in [2.05, 4.69) is 4.98 Å². The number of carbonyl (C=O) groups is 1. The van der Waals surface area contributed by atoms with E-state index in [0.717, 1.165) is 17.3 Å². The van der Waals surface area contributed by atoms with Crippen molar-refractivity contribution in [2.45, 2.75) is 33.3 Å². The van der Waals surface area contributed by atoms with Crippen LogP contribution >= 0.6 is 0 Å². The summed E-state index contributed by atoms with van der Waals surface area (Å²) in [7, 11) is 0. The predicted molar refractivity (Wildman–Crippen MR) is 127 cm³/mol. The molecule has 1 unspecified atom stereocenters. The van der Waals surface area contributed by atoms with Gasteiger partial charge >= 0.3 is 0 Å². The zero-order chi connectivity index (χ0) is 23.2. The first kappa shape index (κ1) is 22.7. The molecule has 0 radical (unpaired) electrons. The summed E-state index contributed by atoms with van der Waals surface area (Å²) in [6.07, 6.45) is 0.636. The van der Waals surface area contributed by atoms with Crippen molar-refractivity contribution in [1.29, 1.82) is 0 Å². The highest BCUT2D eigenvalue weighted by Crippen LogP contribution is 2.39. The van der Waals surface area contributed by atoms with E-state index >= 15 is 0 Å². The molecule has 1 aliphatic rings. The third kappa shape index (κ3) is 5.13. The van der Waals surface area contributed by atoms with Crippen molar-refractivity contribution in [2.75, 3.05) is 32.9 Å². The maximum Gasteiger partial charge on any atom is 0.254 e. The van der Waals surface area contributed by atoms with Crippen molar-refractivity contribution in [3.05, 3.63) is 54.1 Å². The Morgan fingerprint density at radius 3 is 2.36 bits per heavy atom. The normalized spacial score (nSPS) is 15.5. The molecule has 1 atom stereocenters. The average molecular weight is 451 g/mol. The molecule has 0 N–H and O–H groups in total. The van der Waals surface area contributed by atoms with Crippen LogP contribution in [0.25, 0.3) is 10.9 Å². The molecule has 7 heteroatoms. The minimum Gasteiger partial charge on any atom is -0.490 e. The van der Waals surface area contributed by atoms with Gasteiger partial charge < -0.3 is 23.8 Å². The number of benzene rings is 2. The van der Waals surface area contributed by atoms with Gasteiger partial charge in [-0.1, -0.05) is 18.2 Å². The van der Waals surface area contributed by atoms with Crippen LogP contribution in [0.3, 0.4) is 0 Å². The van der Waals surface area contributed by atoms with Gasteiger partial charge in [-0.25, -0.2) is 4.98 Å². The van der Waals surface area contributed by atoms with E-state index in [1.165, 1.54) is 0 Å². The summed E-state index contributed by atoms with van der Waals surface area (Å²) in [5, 5.41) is 1.07. The lowest BCUT2D eigenvalue weighted by molar-refractivity contribution is 0.0770. The Hall–Kier alpha value is -3.48. The second kappa shape index (κ2) is 10.4. The summed E-state index contributed by atoms with van der Waals surface area (Å²) >= 11 is 0. The number of carbonyl (C=O) groups excluding carboxylic acids is 1.